The van der Waals surface area contributed by atoms with E-state index in [9.17, 15) is 4.79 Å². The number of methoxy groups -OCH3 is 2. The van der Waals surface area contributed by atoms with Gasteiger partial charge in [0, 0.05) is 37.6 Å². The van der Waals surface area contributed by atoms with Crippen LogP contribution in [0.25, 0.3) is 0 Å². The SMILES string of the molecule is COc1ccc(CN2CCN(CC(=O)NCc3cccs3)CC2)cc1OC. The minimum Gasteiger partial charge on any atom is -0.493 e. The number of carbonyl (C=O) groups excluding carboxylic acids is 1. The number of rotatable bonds is 8. The van der Waals surface area contributed by atoms with Gasteiger partial charge in [0.15, 0.2) is 11.5 Å². The van der Waals surface area contributed by atoms with Gasteiger partial charge in [0.1, 0.15) is 0 Å². The summed E-state index contributed by atoms with van der Waals surface area (Å²) in [6.45, 7) is 5.67. The lowest BCUT2D eigenvalue weighted by molar-refractivity contribution is -0.122. The number of thiophene rings is 1. The lowest BCUT2D eigenvalue weighted by Gasteiger charge is -2.34. The molecule has 1 N–H and O–H groups in total. The maximum absolute atomic E-state index is 12.1. The molecule has 1 aliphatic heterocycles. The first-order valence-electron chi connectivity index (χ1n) is 9.12. The van der Waals surface area contributed by atoms with Crippen molar-refractivity contribution in [2.24, 2.45) is 0 Å². The number of amides is 1. The van der Waals surface area contributed by atoms with Crippen molar-refractivity contribution in [1.29, 1.82) is 0 Å². The van der Waals surface area contributed by atoms with Crippen LogP contribution < -0.4 is 14.8 Å². The molecule has 27 heavy (non-hydrogen) atoms. The molecule has 0 saturated carbocycles. The molecular weight excluding hydrogens is 362 g/mol. The zero-order valence-electron chi connectivity index (χ0n) is 15.9. The molecular formula is C20H27N3O3S. The highest BCUT2D eigenvalue weighted by Crippen LogP contribution is 2.28. The zero-order valence-corrected chi connectivity index (χ0v) is 16.8. The number of nitrogens with zero attached hydrogens (tertiary/aromatic N) is 2. The largest absolute Gasteiger partial charge is 0.493 e. The topological polar surface area (TPSA) is 54.0 Å². The van der Waals surface area contributed by atoms with Gasteiger partial charge in [0.2, 0.25) is 5.91 Å². The molecule has 1 aromatic carbocycles. The molecule has 3 rings (SSSR count). The van der Waals surface area contributed by atoms with Crippen LogP contribution in [0.3, 0.4) is 0 Å². The van der Waals surface area contributed by atoms with Crippen LogP contribution >= 0.6 is 11.3 Å². The summed E-state index contributed by atoms with van der Waals surface area (Å²) in [6, 6.07) is 10.1. The molecule has 7 heteroatoms. The fourth-order valence-electron chi connectivity index (χ4n) is 3.20. The maximum atomic E-state index is 12.1. The van der Waals surface area contributed by atoms with Crippen molar-refractivity contribution < 1.29 is 14.3 Å². The van der Waals surface area contributed by atoms with Crippen LogP contribution in [0, 0.1) is 0 Å². The number of carbonyl (C=O) groups is 1. The molecule has 0 bridgehead atoms. The zero-order chi connectivity index (χ0) is 19.1. The fraction of sp³-hybridized carbons (Fsp3) is 0.450. The quantitative estimate of drug-likeness (QED) is 0.750. The number of hydrogen-bond acceptors (Lipinski definition) is 6. The number of ether oxygens (including phenoxy) is 2. The van der Waals surface area contributed by atoms with Gasteiger partial charge in [0.25, 0.3) is 0 Å². The first-order valence-corrected chi connectivity index (χ1v) is 10.0. The van der Waals surface area contributed by atoms with E-state index in [1.807, 2.05) is 29.6 Å². The van der Waals surface area contributed by atoms with E-state index < -0.39 is 0 Å². The normalized spacial score (nSPS) is 15.5. The molecule has 0 radical (unpaired) electrons. The second-order valence-electron chi connectivity index (χ2n) is 6.60. The van der Waals surface area contributed by atoms with E-state index in [0.29, 0.717) is 13.1 Å². The lowest BCUT2D eigenvalue weighted by atomic mass is 10.1. The van der Waals surface area contributed by atoms with Gasteiger partial charge in [-0.1, -0.05) is 12.1 Å². The van der Waals surface area contributed by atoms with Gasteiger partial charge in [-0.3, -0.25) is 14.6 Å². The van der Waals surface area contributed by atoms with Crippen molar-refractivity contribution in [1.82, 2.24) is 15.1 Å². The average Bonchev–Trinajstić information content (AvgIpc) is 3.21. The van der Waals surface area contributed by atoms with Crippen LogP contribution in [-0.4, -0.2) is 62.7 Å². The highest BCUT2D eigenvalue weighted by atomic mass is 32.1. The summed E-state index contributed by atoms with van der Waals surface area (Å²) >= 11 is 1.67. The molecule has 1 amide bonds. The van der Waals surface area contributed by atoms with Crippen molar-refractivity contribution in [3.63, 3.8) is 0 Å². The van der Waals surface area contributed by atoms with E-state index in [1.54, 1.807) is 25.6 Å². The Labute approximate surface area is 164 Å². The van der Waals surface area contributed by atoms with Gasteiger partial charge in [-0.2, -0.15) is 0 Å². The summed E-state index contributed by atoms with van der Waals surface area (Å²) in [7, 11) is 3.30. The number of hydrogen-bond donors (Lipinski definition) is 1. The lowest BCUT2D eigenvalue weighted by Crippen LogP contribution is -2.49. The molecule has 1 aliphatic rings. The predicted molar refractivity (Wildman–Crippen MR) is 107 cm³/mol. The van der Waals surface area contributed by atoms with Gasteiger partial charge in [0.05, 0.1) is 27.3 Å². The van der Waals surface area contributed by atoms with Gasteiger partial charge >= 0.3 is 0 Å². The highest BCUT2D eigenvalue weighted by molar-refractivity contribution is 7.09. The molecule has 2 heterocycles. The van der Waals surface area contributed by atoms with Crippen molar-refractivity contribution >= 4 is 17.2 Å². The van der Waals surface area contributed by atoms with Crippen molar-refractivity contribution in [3.05, 3.63) is 46.2 Å². The Balaban J connectivity index is 1.41. The fourth-order valence-corrected chi connectivity index (χ4v) is 3.85. The van der Waals surface area contributed by atoms with Crippen LogP contribution in [0.1, 0.15) is 10.4 Å². The van der Waals surface area contributed by atoms with Gasteiger partial charge in [-0.15, -0.1) is 11.3 Å². The molecule has 2 aromatic rings. The maximum Gasteiger partial charge on any atom is 0.234 e. The van der Waals surface area contributed by atoms with Gasteiger partial charge in [-0.05, 0) is 29.1 Å². The molecule has 6 nitrogen and oxygen atoms in total. The van der Waals surface area contributed by atoms with Crippen LogP contribution in [0.5, 0.6) is 11.5 Å². The van der Waals surface area contributed by atoms with Crippen LogP contribution in [0.4, 0.5) is 0 Å². The Bertz CT molecular complexity index is 728. The van der Waals surface area contributed by atoms with E-state index in [0.717, 1.165) is 44.2 Å². The summed E-state index contributed by atoms with van der Waals surface area (Å²) in [5.41, 5.74) is 1.20. The predicted octanol–water partition coefficient (Wildman–Crippen LogP) is 2.20. The number of nitrogens with one attached hydrogen (secondary N) is 1. The minimum atomic E-state index is 0.0942. The van der Waals surface area contributed by atoms with Crippen molar-refractivity contribution in [2.75, 3.05) is 46.9 Å². The van der Waals surface area contributed by atoms with Crippen molar-refractivity contribution in [2.45, 2.75) is 13.1 Å². The Morgan fingerprint density at radius 3 is 2.48 bits per heavy atom. The van der Waals surface area contributed by atoms with Crippen LogP contribution in [0.2, 0.25) is 0 Å². The second kappa shape index (κ2) is 9.73. The van der Waals surface area contributed by atoms with Gasteiger partial charge in [-0.25, -0.2) is 0 Å². The van der Waals surface area contributed by atoms with E-state index in [2.05, 4.69) is 21.2 Å². The molecule has 1 aromatic heterocycles. The highest BCUT2D eigenvalue weighted by Gasteiger charge is 2.19. The number of piperazine rings is 1. The van der Waals surface area contributed by atoms with Crippen molar-refractivity contribution in [3.8, 4) is 11.5 Å². The summed E-state index contributed by atoms with van der Waals surface area (Å²) in [4.78, 5) is 17.9. The summed E-state index contributed by atoms with van der Waals surface area (Å²) < 4.78 is 10.7. The second-order valence-corrected chi connectivity index (χ2v) is 7.63. The third kappa shape index (κ3) is 5.69. The first kappa shape index (κ1) is 19.7. The molecule has 146 valence electrons. The molecule has 0 atom stereocenters. The molecule has 0 unspecified atom stereocenters. The van der Waals surface area contributed by atoms with E-state index in [-0.39, 0.29) is 5.91 Å². The minimum absolute atomic E-state index is 0.0942. The smallest absolute Gasteiger partial charge is 0.234 e. The van der Waals surface area contributed by atoms with Crippen LogP contribution in [0.15, 0.2) is 35.7 Å². The van der Waals surface area contributed by atoms with Gasteiger partial charge < -0.3 is 14.8 Å². The Morgan fingerprint density at radius 2 is 1.81 bits per heavy atom. The summed E-state index contributed by atoms with van der Waals surface area (Å²) in [5, 5.41) is 5.02. The third-order valence-electron chi connectivity index (χ3n) is 4.73. The summed E-state index contributed by atoms with van der Waals surface area (Å²) in [6.07, 6.45) is 0. The Morgan fingerprint density at radius 1 is 1.07 bits per heavy atom. The standard InChI is InChI=1S/C20H27N3O3S/c1-25-18-6-5-16(12-19(18)26-2)14-22-7-9-23(10-8-22)15-20(24)21-13-17-4-3-11-27-17/h3-6,11-12H,7-10,13-15H2,1-2H3,(H,21,24). The molecule has 0 aliphatic carbocycles. The molecule has 1 saturated heterocycles. The molecule has 0 spiro atoms. The first-order chi connectivity index (χ1) is 13.2. The Hall–Kier alpha value is -2.09. The molecule has 1 fully saturated rings. The average molecular weight is 390 g/mol. The van der Waals surface area contributed by atoms with Crippen LogP contribution in [-0.2, 0) is 17.9 Å². The summed E-state index contributed by atoms with van der Waals surface area (Å²) in [5.74, 6) is 1.60. The monoisotopic (exact) mass is 389 g/mol. The third-order valence-corrected chi connectivity index (χ3v) is 5.60. The Kier molecular flexibility index (Phi) is 7.09. The van der Waals surface area contributed by atoms with E-state index in [1.165, 1.54) is 10.4 Å². The van der Waals surface area contributed by atoms with E-state index >= 15 is 0 Å². The number of benzene rings is 1. The van der Waals surface area contributed by atoms with E-state index in [4.69, 9.17) is 9.47 Å².